The summed E-state index contributed by atoms with van der Waals surface area (Å²) in [4.78, 5) is 0. The highest BCUT2D eigenvalue weighted by atomic mass is 79.9. The van der Waals surface area contributed by atoms with Gasteiger partial charge in [0.25, 0.3) is 0 Å². The van der Waals surface area contributed by atoms with E-state index in [-0.39, 0.29) is 6.04 Å². The van der Waals surface area contributed by atoms with Crippen LogP contribution in [0.25, 0.3) is 0 Å². The molecule has 0 bridgehead atoms. The average molecular weight is 270 g/mol. The summed E-state index contributed by atoms with van der Waals surface area (Å²) in [7, 11) is 0. The molecule has 84 valence electrons. The summed E-state index contributed by atoms with van der Waals surface area (Å²) in [5, 5.41) is 0. The second kappa shape index (κ2) is 5.66. The van der Waals surface area contributed by atoms with Crippen molar-refractivity contribution in [1.82, 2.24) is 0 Å². The lowest BCUT2D eigenvalue weighted by molar-refractivity contribution is 0.568. The van der Waals surface area contributed by atoms with Gasteiger partial charge in [0.2, 0.25) is 0 Å². The SMILES string of the molecule is CC.Cc1cc(Br)c2c(c1)C(N)CCC2. The molecule has 0 heterocycles. The van der Waals surface area contributed by atoms with E-state index in [0.29, 0.717) is 0 Å². The van der Waals surface area contributed by atoms with Crippen molar-refractivity contribution in [3.8, 4) is 0 Å². The highest BCUT2D eigenvalue weighted by Crippen LogP contribution is 2.33. The number of halogens is 1. The number of hydrogen-bond donors (Lipinski definition) is 1. The van der Waals surface area contributed by atoms with Crippen LogP contribution in [0.2, 0.25) is 0 Å². The van der Waals surface area contributed by atoms with Gasteiger partial charge in [0.05, 0.1) is 0 Å². The number of fused-ring (bicyclic) bond motifs is 1. The molecular formula is C13H20BrN. The molecule has 0 fully saturated rings. The molecule has 1 aliphatic carbocycles. The van der Waals surface area contributed by atoms with Crippen LogP contribution >= 0.6 is 15.9 Å². The molecule has 15 heavy (non-hydrogen) atoms. The molecular weight excluding hydrogens is 250 g/mol. The van der Waals surface area contributed by atoms with E-state index >= 15 is 0 Å². The fourth-order valence-corrected chi connectivity index (χ4v) is 2.84. The van der Waals surface area contributed by atoms with Gasteiger partial charge in [0.15, 0.2) is 0 Å². The third-order valence-corrected chi connectivity index (χ3v) is 3.42. The minimum atomic E-state index is 0.250. The molecule has 2 N–H and O–H groups in total. The molecule has 1 aromatic rings. The fourth-order valence-electron chi connectivity index (χ4n) is 2.05. The Morgan fingerprint density at radius 3 is 2.67 bits per heavy atom. The van der Waals surface area contributed by atoms with Crippen molar-refractivity contribution in [2.45, 2.75) is 46.1 Å². The van der Waals surface area contributed by atoms with Crippen LogP contribution in [0.1, 0.15) is 49.4 Å². The monoisotopic (exact) mass is 269 g/mol. The highest BCUT2D eigenvalue weighted by molar-refractivity contribution is 9.10. The molecule has 0 radical (unpaired) electrons. The van der Waals surface area contributed by atoms with Crippen LogP contribution in [0.4, 0.5) is 0 Å². The van der Waals surface area contributed by atoms with E-state index in [2.05, 4.69) is 35.0 Å². The summed E-state index contributed by atoms with van der Waals surface area (Å²) >= 11 is 3.60. The van der Waals surface area contributed by atoms with Crippen molar-refractivity contribution in [2.75, 3.05) is 0 Å². The Hall–Kier alpha value is -0.340. The van der Waals surface area contributed by atoms with Crippen LogP contribution in [-0.2, 0) is 6.42 Å². The summed E-state index contributed by atoms with van der Waals surface area (Å²) in [6.07, 6.45) is 3.52. The lowest BCUT2D eigenvalue weighted by Crippen LogP contribution is -2.17. The van der Waals surface area contributed by atoms with Gasteiger partial charge in [0, 0.05) is 10.5 Å². The second-order valence-corrected chi connectivity index (χ2v) is 4.67. The molecule has 0 saturated heterocycles. The van der Waals surface area contributed by atoms with Crippen molar-refractivity contribution >= 4 is 15.9 Å². The first-order chi connectivity index (χ1) is 7.18. The molecule has 1 unspecified atom stereocenters. The van der Waals surface area contributed by atoms with E-state index in [1.54, 1.807) is 0 Å². The lowest BCUT2D eigenvalue weighted by Gasteiger charge is -2.23. The maximum absolute atomic E-state index is 6.06. The maximum atomic E-state index is 6.06. The summed E-state index contributed by atoms with van der Waals surface area (Å²) in [5.41, 5.74) is 10.1. The number of aryl methyl sites for hydroxylation is 1. The summed E-state index contributed by atoms with van der Waals surface area (Å²) in [6, 6.07) is 4.65. The molecule has 0 aliphatic heterocycles. The first-order valence-electron chi connectivity index (χ1n) is 5.73. The van der Waals surface area contributed by atoms with Gasteiger partial charge in [-0.1, -0.05) is 35.8 Å². The molecule has 1 aromatic carbocycles. The smallest absolute Gasteiger partial charge is 0.0298 e. The molecule has 2 heteroatoms. The van der Waals surface area contributed by atoms with Gasteiger partial charge in [0.1, 0.15) is 0 Å². The molecule has 0 amide bonds. The molecule has 1 nitrogen and oxygen atoms in total. The lowest BCUT2D eigenvalue weighted by atomic mass is 9.87. The summed E-state index contributed by atoms with van der Waals surface area (Å²) in [6.45, 7) is 6.12. The van der Waals surface area contributed by atoms with Crippen LogP contribution in [0.15, 0.2) is 16.6 Å². The number of benzene rings is 1. The zero-order valence-electron chi connectivity index (χ0n) is 9.81. The highest BCUT2D eigenvalue weighted by Gasteiger charge is 2.18. The first-order valence-corrected chi connectivity index (χ1v) is 6.52. The van der Waals surface area contributed by atoms with Gasteiger partial charge in [-0.2, -0.15) is 0 Å². The third-order valence-electron chi connectivity index (χ3n) is 2.72. The zero-order valence-corrected chi connectivity index (χ0v) is 11.4. The summed E-state index contributed by atoms with van der Waals surface area (Å²) in [5.74, 6) is 0. The van der Waals surface area contributed by atoms with Crippen LogP contribution in [0.3, 0.4) is 0 Å². The van der Waals surface area contributed by atoms with Gasteiger partial charge in [-0.05, 0) is 48.9 Å². The molecule has 0 saturated carbocycles. The standard InChI is InChI=1S/C11H14BrN.C2H6/c1-7-5-9-8(10(12)6-7)3-2-4-11(9)13;1-2/h5-6,11H,2-4,13H2,1H3;1-2H3. The molecule has 0 spiro atoms. The van der Waals surface area contributed by atoms with Gasteiger partial charge < -0.3 is 5.73 Å². The topological polar surface area (TPSA) is 26.0 Å². The number of nitrogens with two attached hydrogens (primary N) is 1. The fraction of sp³-hybridized carbons (Fsp3) is 0.538. The van der Waals surface area contributed by atoms with Crippen LogP contribution in [-0.4, -0.2) is 0 Å². The number of rotatable bonds is 0. The van der Waals surface area contributed by atoms with Gasteiger partial charge in [-0.15, -0.1) is 0 Å². The van der Waals surface area contributed by atoms with Crippen LogP contribution in [0, 0.1) is 6.92 Å². The van der Waals surface area contributed by atoms with Gasteiger partial charge in [-0.25, -0.2) is 0 Å². The first kappa shape index (κ1) is 12.7. The third kappa shape index (κ3) is 2.82. The minimum absolute atomic E-state index is 0.250. The van der Waals surface area contributed by atoms with Crippen molar-refractivity contribution < 1.29 is 0 Å². The Bertz CT molecular complexity index is 334. The Kier molecular flexibility index (Phi) is 4.81. The van der Waals surface area contributed by atoms with E-state index < -0.39 is 0 Å². The van der Waals surface area contributed by atoms with E-state index in [1.165, 1.54) is 34.0 Å². The maximum Gasteiger partial charge on any atom is 0.0298 e. The normalized spacial score (nSPS) is 18.9. The average Bonchev–Trinajstić information content (AvgIpc) is 2.23. The Morgan fingerprint density at radius 1 is 1.33 bits per heavy atom. The Labute approximate surface area is 101 Å². The summed E-state index contributed by atoms with van der Waals surface area (Å²) < 4.78 is 1.23. The zero-order chi connectivity index (χ0) is 11.4. The Balaban J connectivity index is 0.000000531. The van der Waals surface area contributed by atoms with E-state index in [1.807, 2.05) is 13.8 Å². The molecule has 0 aromatic heterocycles. The molecule has 1 atom stereocenters. The van der Waals surface area contributed by atoms with Gasteiger partial charge >= 0.3 is 0 Å². The van der Waals surface area contributed by atoms with E-state index in [0.717, 1.165) is 6.42 Å². The van der Waals surface area contributed by atoms with E-state index in [4.69, 9.17) is 5.73 Å². The predicted molar refractivity (Wildman–Crippen MR) is 70.1 cm³/mol. The quantitative estimate of drug-likeness (QED) is 0.754. The van der Waals surface area contributed by atoms with Crippen LogP contribution < -0.4 is 5.73 Å². The van der Waals surface area contributed by atoms with Crippen LogP contribution in [0.5, 0.6) is 0 Å². The molecule has 1 aliphatic rings. The molecule has 2 rings (SSSR count). The predicted octanol–water partition coefficient (Wildman–Crippen LogP) is 4.12. The van der Waals surface area contributed by atoms with Crippen molar-refractivity contribution in [2.24, 2.45) is 5.73 Å². The van der Waals surface area contributed by atoms with E-state index in [9.17, 15) is 0 Å². The van der Waals surface area contributed by atoms with Crippen molar-refractivity contribution in [3.05, 3.63) is 33.3 Å². The largest absolute Gasteiger partial charge is 0.324 e. The number of hydrogen-bond acceptors (Lipinski definition) is 1. The van der Waals surface area contributed by atoms with Crippen molar-refractivity contribution in [3.63, 3.8) is 0 Å². The second-order valence-electron chi connectivity index (χ2n) is 3.81. The Morgan fingerprint density at radius 2 is 2.00 bits per heavy atom. The van der Waals surface area contributed by atoms with Crippen molar-refractivity contribution in [1.29, 1.82) is 0 Å². The minimum Gasteiger partial charge on any atom is -0.324 e. The van der Waals surface area contributed by atoms with Gasteiger partial charge in [-0.3, -0.25) is 0 Å².